The maximum atomic E-state index is 13.6. The second-order valence-corrected chi connectivity index (χ2v) is 8.36. The topological polar surface area (TPSA) is 120 Å². The van der Waals surface area contributed by atoms with Crippen molar-refractivity contribution < 1.29 is 28.5 Å². The van der Waals surface area contributed by atoms with Gasteiger partial charge in [0.1, 0.15) is 11.9 Å². The normalized spacial score (nSPS) is 15.2. The molecule has 0 saturated heterocycles. The van der Waals surface area contributed by atoms with Crippen LogP contribution in [-0.2, 0) is 19.1 Å². The molecule has 2 aromatic rings. The molecule has 1 aromatic heterocycles. The molecule has 190 valence electrons. The van der Waals surface area contributed by atoms with E-state index < -0.39 is 24.0 Å². The van der Waals surface area contributed by atoms with Crippen molar-refractivity contribution in [2.24, 2.45) is 0 Å². The van der Waals surface area contributed by atoms with E-state index in [1.165, 1.54) is 7.11 Å². The third-order valence-electron chi connectivity index (χ3n) is 5.81. The number of anilines is 1. The average molecular weight is 494 g/mol. The number of benzene rings is 1. The number of pyridine rings is 1. The summed E-state index contributed by atoms with van der Waals surface area (Å²) in [7, 11) is 1.51. The summed E-state index contributed by atoms with van der Waals surface area (Å²) in [4.78, 5) is 30.0. The molecule has 1 aromatic carbocycles. The van der Waals surface area contributed by atoms with Crippen LogP contribution in [0.4, 0.5) is 5.69 Å². The Morgan fingerprint density at radius 2 is 1.97 bits per heavy atom. The van der Waals surface area contributed by atoms with Gasteiger partial charge in [-0.2, -0.15) is 5.26 Å². The lowest BCUT2D eigenvalue weighted by molar-refractivity contribution is -0.151. The van der Waals surface area contributed by atoms with Gasteiger partial charge >= 0.3 is 11.9 Å². The molecule has 0 amide bonds. The van der Waals surface area contributed by atoms with Gasteiger partial charge in [0.05, 0.1) is 61.1 Å². The number of allylic oxidation sites excluding steroid dienone is 1. The smallest absolute Gasteiger partial charge is 0.337 e. The monoisotopic (exact) mass is 493 g/mol. The summed E-state index contributed by atoms with van der Waals surface area (Å²) in [6.07, 6.45) is 0.942. The number of hydrogen-bond acceptors (Lipinski definition) is 9. The van der Waals surface area contributed by atoms with E-state index in [4.69, 9.17) is 18.9 Å². The predicted molar refractivity (Wildman–Crippen MR) is 133 cm³/mol. The molecule has 0 bridgehead atoms. The Labute approximate surface area is 211 Å². The van der Waals surface area contributed by atoms with Crippen LogP contribution in [0, 0.1) is 18.3 Å². The molecule has 1 aliphatic heterocycles. The van der Waals surface area contributed by atoms with Crippen molar-refractivity contribution in [3.8, 4) is 17.7 Å². The predicted octanol–water partition coefficient (Wildman–Crippen LogP) is 4.39. The molecule has 36 heavy (non-hydrogen) atoms. The number of nitriles is 1. The highest BCUT2D eigenvalue weighted by Gasteiger charge is 2.39. The van der Waals surface area contributed by atoms with Crippen LogP contribution < -0.4 is 14.8 Å². The number of carbonyl (C=O) groups excluding carboxylic acids is 2. The molecule has 0 aliphatic carbocycles. The van der Waals surface area contributed by atoms with Crippen LogP contribution in [-0.4, -0.2) is 43.4 Å². The summed E-state index contributed by atoms with van der Waals surface area (Å²) in [5.74, 6) is -0.893. The molecule has 1 unspecified atom stereocenters. The summed E-state index contributed by atoms with van der Waals surface area (Å²) in [6.45, 7) is 9.54. The molecular weight excluding hydrogens is 462 g/mol. The van der Waals surface area contributed by atoms with Gasteiger partial charge in [-0.15, -0.1) is 0 Å². The molecule has 0 radical (unpaired) electrons. The zero-order valence-corrected chi connectivity index (χ0v) is 21.4. The Morgan fingerprint density at radius 1 is 1.22 bits per heavy atom. The summed E-state index contributed by atoms with van der Waals surface area (Å²) >= 11 is 0. The Balaban J connectivity index is 2.18. The average Bonchev–Trinajstić information content (AvgIpc) is 2.84. The van der Waals surface area contributed by atoms with Crippen LogP contribution in [0.25, 0.3) is 0 Å². The number of nitrogens with one attached hydrogen (secondary N) is 1. The van der Waals surface area contributed by atoms with Crippen molar-refractivity contribution in [1.82, 2.24) is 4.98 Å². The molecule has 0 saturated carbocycles. The lowest BCUT2D eigenvalue weighted by atomic mass is 9.79. The SMILES string of the molecule is CCOC(=O)C[C@@H](C)OC(=O)C1=C(C)Nc2c(C)cnc(OCC)c2C1c1ccc(C#N)cc1OC. The maximum Gasteiger partial charge on any atom is 0.337 e. The van der Waals surface area contributed by atoms with Crippen molar-refractivity contribution in [3.63, 3.8) is 0 Å². The first-order valence-corrected chi connectivity index (χ1v) is 11.8. The third kappa shape index (κ3) is 5.43. The molecule has 3 rings (SSSR count). The molecule has 1 N–H and O–H groups in total. The molecule has 0 spiro atoms. The van der Waals surface area contributed by atoms with Gasteiger partial charge in [-0.3, -0.25) is 4.79 Å². The standard InChI is InChI=1S/C27H31N3O6/c1-7-34-21(31)11-16(4)36-27(32)22-17(5)30-25-15(3)14-29-26(35-8-2)24(25)23(22)19-10-9-18(13-28)12-20(19)33-6/h9-10,12,14,16,23,30H,7-8,11H2,1-6H3/t16-,23?/m1/s1. The molecule has 1 aliphatic rings. The van der Waals surface area contributed by atoms with Gasteiger partial charge in [-0.25, -0.2) is 9.78 Å². The van der Waals surface area contributed by atoms with Crippen molar-refractivity contribution in [2.75, 3.05) is 25.6 Å². The summed E-state index contributed by atoms with van der Waals surface area (Å²) in [6, 6.07) is 7.17. The number of fused-ring (bicyclic) bond motifs is 1. The fraction of sp³-hybridized carbons (Fsp3) is 0.407. The summed E-state index contributed by atoms with van der Waals surface area (Å²) in [5, 5.41) is 12.7. The third-order valence-corrected chi connectivity index (χ3v) is 5.81. The van der Waals surface area contributed by atoms with Crippen LogP contribution in [0.15, 0.2) is 35.7 Å². The minimum absolute atomic E-state index is 0.0639. The number of hydrogen-bond donors (Lipinski definition) is 1. The number of ether oxygens (including phenoxy) is 4. The van der Waals surface area contributed by atoms with Crippen LogP contribution >= 0.6 is 0 Å². The molecular formula is C27H31N3O6. The van der Waals surface area contributed by atoms with E-state index in [-0.39, 0.29) is 13.0 Å². The van der Waals surface area contributed by atoms with E-state index in [9.17, 15) is 14.9 Å². The highest BCUT2D eigenvalue weighted by molar-refractivity contribution is 5.96. The zero-order chi connectivity index (χ0) is 26.4. The molecule has 2 heterocycles. The second kappa shape index (κ2) is 11.6. The van der Waals surface area contributed by atoms with Crippen molar-refractivity contribution in [2.45, 2.75) is 53.1 Å². The van der Waals surface area contributed by atoms with Gasteiger partial charge in [-0.1, -0.05) is 6.07 Å². The number of esters is 2. The molecule has 9 heteroatoms. The van der Waals surface area contributed by atoms with Crippen LogP contribution in [0.3, 0.4) is 0 Å². The summed E-state index contributed by atoms with van der Waals surface area (Å²) in [5.41, 5.74) is 4.29. The summed E-state index contributed by atoms with van der Waals surface area (Å²) < 4.78 is 22.2. The highest BCUT2D eigenvalue weighted by Crippen LogP contribution is 2.49. The number of methoxy groups -OCH3 is 1. The fourth-order valence-electron chi connectivity index (χ4n) is 4.25. The van der Waals surface area contributed by atoms with Gasteiger partial charge in [-0.05, 0) is 52.3 Å². The lowest BCUT2D eigenvalue weighted by Gasteiger charge is -2.33. The first-order valence-electron chi connectivity index (χ1n) is 11.8. The Bertz CT molecular complexity index is 1230. The highest BCUT2D eigenvalue weighted by atomic mass is 16.6. The minimum Gasteiger partial charge on any atom is -0.496 e. The first-order chi connectivity index (χ1) is 17.2. The van der Waals surface area contributed by atoms with E-state index in [1.807, 2.05) is 13.8 Å². The van der Waals surface area contributed by atoms with E-state index in [2.05, 4.69) is 16.4 Å². The van der Waals surface area contributed by atoms with Crippen LogP contribution in [0.2, 0.25) is 0 Å². The van der Waals surface area contributed by atoms with Crippen LogP contribution in [0.1, 0.15) is 62.3 Å². The van der Waals surface area contributed by atoms with E-state index >= 15 is 0 Å². The molecule has 2 atom stereocenters. The van der Waals surface area contributed by atoms with E-state index in [0.29, 0.717) is 46.2 Å². The Kier molecular flexibility index (Phi) is 8.54. The molecule has 0 fully saturated rings. The number of aryl methyl sites for hydroxylation is 1. The number of aromatic nitrogens is 1. The van der Waals surface area contributed by atoms with Gasteiger partial charge in [0.2, 0.25) is 5.88 Å². The maximum absolute atomic E-state index is 13.6. The van der Waals surface area contributed by atoms with Crippen molar-refractivity contribution in [1.29, 1.82) is 5.26 Å². The van der Waals surface area contributed by atoms with Gasteiger partial charge in [0.25, 0.3) is 0 Å². The first kappa shape index (κ1) is 26.5. The quantitative estimate of drug-likeness (QED) is 0.507. The van der Waals surface area contributed by atoms with Crippen molar-refractivity contribution in [3.05, 3.63) is 57.9 Å². The van der Waals surface area contributed by atoms with Gasteiger partial charge in [0.15, 0.2) is 0 Å². The number of rotatable bonds is 9. The Morgan fingerprint density at radius 3 is 2.61 bits per heavy atom. The number of carbonyl (C=O) groups is 2. The van der Waals surface area contributed by atoms with Gasteiger partial charge in [0, 0.05) is 17.5 Å². The van der Waals surface area contributed by atoms with Crippen molar-refractivity contribution >= 4 is 17.6 Å². The van der Waals surface area contributed by atoms with E-state index in [1.54, 1.807) is 45.2 Å². The number of nitrogens with zero attached hydrogens (tertiary/aromatic N) is 2. The fourth-order valence-corrected chi connectivity index (χ4v) is 4.25. The lowest BCUT2D eigenvalue weighted by Crippen LogP contribution is -2.29. The zero-order valence-electron chi connectivity index (χ0n) is 21.4. The van der Waals surface area contributed by atoms with E-state index in [0.717, 1.165) is 11.3 Å². The largest absolute Gasteiger partial charge is 0.496 e. The van der Waals surface area contributed by atoms with Crippen LogP contribution in [0.5, 0.6) is 11.6 Å². The second-order valence-electron chi connectivity index (χ2n) is 8.36. The van der Waals surface area contributed by atoms with Gasteiger partial charge < -0.3 is 24.3 Å². The Hall–Kier alpha value is -4.06. The minimum atomic E-state index is -0.705. The molecule has 9 nitrogen and oxygen atoms in total.